The van der Waals surface area contributed by atoms with E-state index in [-0.39, 0.29) is 5.91 Å². The predicted molar refractivity (Wildman–Crippen MR) is 86.3 cm³/mol. The smallest absolute Gasteiger partial charge is 0.220 e. The van der Waals surface area contributed by atoms with Crippen molar-refractivity contribution in [2.24, 2.45) is 5.92 Å². The Morgan fingerprint density at radius 2 is 1.91 bits per heavy atom. The normalized spacial score (nSPS) is 28.3. The molecular formula is C18H26N2O2. The molecule has 0 saturated carbocycles. The highest BCUT2D eigenvalue weighted by Crippen LogP contribution is 2.32. The van der Waals surface area contributed by atoms with Crippen LogP contribution < -0.4 is 10.6 Å². The summed E-state index contributed by atoms with van der Waals surface area (Å²) in [5.74, 6) is 0.657. The first-order chi connectivity index (χ1) is 10.7. The van der Waals surface area contributed by atoms with Crippen molar-refractivity contribution in [3.63, 3.8) is 0 Å². The molecule has 1 amide bonds. The largest absolute Gasteiger partial charge is 0.388 e. The lowest BCUT2D eigenvalue weighted by molar-refractivity contribution is -0.122. The van der Waals surface area contributed by atoms with E-state index in [1.54, 1.807) is 0 Å². The van der Waals surface area contributed by atoms with Crippen LogP contribution in [0.5, 0.6) is 0 Å². The summed E-state index contributed by atoms with van der Waals surface area (Å²) in [5.41, 5.74) is 0.909. The number of aliphatic hydroxyl groups is 1. The fraction of sp³-hybridized carbons (Fsp3) is 0.611. The second-order valence-corrected chi connectivity index (χ2v) is 6.74. The van der Waals surface area contributed by atoms with Gasteiger partial charge in [0.05, 0.1) is 6.10 Å². The van der Waals surface area contributed by atoms with Crippen molar-refractivity contribution in [3.8, 4) is 0 Å². The van der Waals surface area contributed by atoms with E-state index in [0.29, 0.717) is 37.4 Å². The first-order valence-corrected chi connectivity index (χ1v) is 8.46. The molecular weight excluding hydrogens is 276 g/mol. The zero-order valence-electron chi connectivity index (χ0n) is 13.0. The van der Waals surface area contributed by atoms with Crippen LogP contribution in [0.15, 0.2) is 30.3 Å². The molecule has 2 bridgehead atoms. The van der Waals surface area contributed by atoms with Gasteiger partial charge in [0.25, 0.3) is 0 Å². The van der Waals surface area contributed by atoms with Gasteiger partial charge in [0.2, 0.25) is 5.91 Å². The van der Waals surface area contributed by atoms with Crippen LogP contribution in [0, 0.1) is 5.92 Å². The monoisotopic (exact) mass is 302 g/mol. The molecule has 3 atom stereocenters. The van der Waals surface area contributed by atoms with Crippen molar-refractivity contribution < 1.29 is 9.90 Å². The van der Waals surface area contributed by atoms with Gasteiger partial charge in [-0.05, 0) is 43.6 Å². The number of aliphatic hydroxyl groups excluding tert-OH is 1. The van der Waals surface area contributed by atoms with Gasteiger partial charge >= 0.3 is 0 Å². The highest BCUT2D eigenvalue weighted by Gasteiger charge is 2.34. The summed E-state index contributed by atoms with van der Waals surface area (Å²) in [6, 6.07) is 10.9. The molecule has 3 rings (SSSR count). The van der Waals surface area contributed by atoms with Crippen LogP contribution in [0.3, 0.4) is 0 Å². The van der Waals surface area contributed by atoms with Gasteiger partial charge in [-0.1, -0.05) is 30.3 Å². The minimum Gasteiger partial charge on any atom is -0.388 e. The van der Waals surface area contributed by atoms with E-state index in [0.717, 1.165) is 18.4 Å². The van der Waals surface area contributed by atoms with Crippen LogP contribution >= 0.6 is 0 Å². The molecule has 0 radical (unpaired) electrons. The lowest BCUT2D eigenvalue weighted by Crippen LogP contribution is -2.39. The van der Waals surface area contributed by atoms with E-state index in [4.69, 9.17) is 0 Å². The van der Waals surface area contributed by atoms with Gasteiger partial charge in [-0.25, -0.2) is 0 Å². The zero-order chi connectivity index (χ0) is 15.4. The van der Waals surface area contributed by atoms with Gasteiger partial charge < -0.3 is 15.7 Å². The average Bonchev–Trinajstić information content (AvgIpc) is 2.87. The predicted octanol–water partition coefficient (Wildman–Crippen LogP) is 2.15. The Morgan fingerprint density at radius 3 is 2.59 bits per heavy atom. The molecule has 2 aliphatic rings. The van der Waals surface area contributed by atoms with Gasteiger partial charge in [0.15, 0.2) is 0 Å². The highest BCUT2D eigenvalue weighted by molar-refractivity contribution is 5.76. The maximum Gasteiger partial charge on any atom is 0.220 e. The number of benzene rings is 1. The summed E-state index contributed by atoms with van der Waals surface area (Å²) in [6.45, 7) is 0.534. The quantitative estimate of drug-likeness (QED) is 0.754. The van der Waals surface area contributed by atoms with Crippen LogP contribution in [-0.2, 0) is 4.79 Å². The van der Waals surface area contributed by atoms with Crippen molar-refractivity contribution in [1.29, 1.82) is 0 Å². The van der Waals surface area contributed by atoms with Crippen LogP contribution in [-0.4, -0.2) is 29.6 Å². The Hall–Kier alpha value is -1.39. The molecule has 2 saturated heterocycles. The maximum absolute atomic E-state index is 12.0. The molecule has 2 heterocycles. The van der Waals surface area contributed by atoms with Crippen molar-refractivity contribution in [1.82, 2.24) is 10.6 Å². The molecule has 0 aliphatic carbocycles. The number of hydrogen-bond acceptors (Lipinski definition) is 3. The zero-order valence-corrected chi connectivity index (χ0v) is 13.0. The Balaban J connectivity index is 1.36. The Bertz CT molecular complexity index is 479. The first-order valence-electron chi connectivity index (χ1n) is 8.46. The molecule has 22 heavy (non-hydrogen) atoms. The van der Waals surface area contributed by atoms with Gasteiger partial charge in [-0.3, -0.25) is 4.79 Å². The summed E-state index contributed by atoms with van der Waals surface area (Å²) in [5, 5.41) is 16.6. The van der Waals surface area contributed by atoms with E-state index >= 15 is 0 Å². The van der Waals surface area contributed by atoms with Gasteiger partial charge in [-0.2, -0.15) is 0 Å². The number of piperidine rings is 1. The highest BCUT2D eigenvalue weighted by atomic mass is 16.3. The van der Waals surface area contributed by atoms with Crippen LogP contribution in [0.1, 0.15) is 50.2 Å². The third-order valence-corrected chi connectivity index (χ3v) is 4.97. The summed E-state index contributed by atoms with van der Waals surface area (Å²) >= 11 is 0. The number of hydrogen-bond donors (Lipinski definition) is 3. The van der Waals surface area contributed by atoms with Crippen molar-refractivity contribution in [2.75, 3.05) is 6.54 Å². The lowest BCUT2D eigenvalue weighted by Gasteiger charge is -2.28. The van der Waals surface area contributed by atoms with Crippen LogP contribution in [0.2, 0.25) is 0 Å². The Morgan fingerprint density at radius 1 is 1.23 bits per heavy atom. The van der Waals surface area contributed by atoms with Crippen LogP contribution in [0.25, 0.3) is 0 Å². The fourth-order valence-electron chi connectivity index (χ4n) is 3.87. The number of rotatable bonds is 6. The lowest BCUT2D eigenvalue weighted by atomic mass is 9.89. The number of fused-ring (bicyclic) bond motifs is 2. The number of carbonyl (C=O) groups excluding carboxylic acids is 1. The number of amides is 1. The minimum atomic E-state index is -0.503. The van der Waals surface area contributed by atoms with Crippen molar-refractivity contribution in [3.05, 3.63) is 35.9 Å². The van der Waals surface area contributed by atoms with Gasteiger partial charge in [-0.15, -0.1) is 0 Å². The first kappa shape index (κ1) is 15.5. The average molecular weight is 302 g/mol. The standard InChI is InChI=1S/C18H26N2O2/c21-17(14-4-2-1-3-5-14)8-9-19-18(22)12-13-10-15-6-7-16(11-13)20-15/h1-5,13,15-17,20-21H,6-12H2,(H,19,22). The number of nitrogens with one attached hydrogen (secondary N) is 2. The molecule has 4 nitrogen and oxygen atoms in total. The molecule has 2 aliphatic heterocycles. The molecule has 2 fully saturated rings. The minimum absolute atomic E-state index is 0.131. The van der Waals surface area contributed by atoms with Crippen LogP contribution in [0.4, 0.5) is 0 Å². The van der Waals surface area contributed by atoms with E-state index in [1.165, 1.54) is 12.8 Å². The maximum atomic E-state index is 12.0. The second kappa shape index (κ2) is 7.25. The molecule has 1 aromatic carbocycles. The Kier molecular flexibility index (Phi) is 5.11. The Labute approximate surface area is 132 Å². The van der Waals surface area contributed by atoms with Crippen molar-refractivity contribution >= 4 is 5.91 Å². The second-order valence-electron chi connectivity index (χ2n) is 6.74. The SMILES string of the molecule is O=C(CC1CC2CCC(C1)N2)NCCC(O)c1ccccc1. The fourth-order valence-corrected chi connectivity index (χ4v) is 3.87. The molecule has 3 unspecified atom stereocenters. The summed E-state index contributed by atoms with van der Waals surface area (Å²) < 4.78 is 0. The summed E-state index contributed by atoms with van der Waals surface area (Å²) in [7, 11) is 0. The molecule has 0 aromatic heterocycles. The topological polar surface area (TPSA) is 61.4 Å². The third-order valence-electron chi connectivity index (χ3n) is 4.97. The molecule has 120 valence electrons. The molecule has 1 aromatic rings. The molecule has 3 N–H and O–H groups in total. The van der Waals surface area contributed by atoms with Crippen molar-refractivity contribution in [2.45, 2.75) is 56.7 Å². The summed E-state index contributed by atoms with van der Waals surface area (Å²) in [4.78, 5) is 12.0. The summed E-state index contributed by atoms with van der Waals surface area (Å²) in [6.07, 6.45) is 5.51. The van der Waals surface area contributed by atoms with E-state index < -0.39 is 6.10 Å². The van der Waals surface area contributed by atoms with E-state index in [9.17, 15) is 9.90 Å². The molecule has 0 spiro atoms. The number of carbonyl (C=O) groups is 1. The third kappa shape index (κ3) is 4.08. The van der Waals surface area contributed by atoms with E-state index in [1.807, 2.05) is 30.3 Å². The van der Waals surface area contributed by atoms with Gasteiger partial charge in [0, 0.05) is 25.0 Å². The van der Waals surface area contributed by atoms with E-state index in [2.05, 4.69) is 10.6 Å². The van der Waals surface area contributed by atoms with Gasteiger partial charge in [0.1, 0.15) is 0 Å². The molecule has 4 heteroatoms.